The van der Waals surface area contributed by atoms with Crippen molar-refractivity contribution in [2.45, 2.75) is 19.1 Å². The minimum Gasteiger partial charge on any atom is -0.493 e. The highest BCUT2D eigenvalue weighted by molar-refractivity contribution is 9.10. The minimum atomic E-state index is -0.683. The summed E-state index contributed by atoms with van der Waals surface area (Å²) in [7, 11) is 0. The van der Waals surface area contributed by atoms with E-state index in [1.807, 2.05) is 25.1 Å². The molecule has 1 aliphatic heterocycles. The molecule has 0 aliphatic carbocycles. The first-order chi connectivity index (χ1) is 8.72. The van der Waals surface area contributed by atoms with Gasteiger partial charge in [-0.25, -0.2) is 0 Å². The van der Waals surface area contributed by atoms with Crippen LogP contribution < -0.4 is 4.74 Å². The van der Waals surface area contributed by atoms with E-state index in [4.69, 9.17) is 14.2 Å². The first kappa shape index (κ1) is 13.8. The van der Waals surface area contributed by atoms with Crippen LogP contribution >= 0.6 is 15.9 Å². The molecular weight excluding hydrogens is 300 g/mol. The number of ether oxygens (including phenoxy) is 3. The molecule has 1 aromatic carbocycles. The van der Waals surface area contributed by atoms with Crippen LogP contribution in [0.5, 0.6) is 5.75 Å². The highest BCUT2D eigenvalue weighted by Crippen LogP contribution is 2.30. The molecular formula is C13H17BrO4. The molecule has 5 heteroatoms. The molecule has 1 fully saturated rings. The van der Waals surface area contributed by atoms with Gasteiger partial charge < -0.3 is 19.3 Å². The molecule has 0 amide bonds. The Hall–Kier alpha value is -0.620. The van der Waals surface area contributed by atoms with Crippen molar-refractivity contribution >= 4 is 15.9 Å². The monoisotopic (exact) mass is 316 g/mol. The summed E-state index contributed by atoms with van der Waals surface area (Å²) < 4.78 is 17.0. The Morgan fingerprint density at radius 1 is 1.50 bits per heavy atom. The molecule has 2 atom stereocenters. The van der Waals surface area contributed by atoms with E-state index in [-0.39, 0.29) is 6.10 Å². The summed E-state index contributed by atoms with van der Waals surface area (Å²) >= 11 is 3.43. The van der Waals surface area contributed by atoms with Gasteiger partial charge in [-0.15, -0.1) is 0 Å². The Kier molecular flexibility index (Phi) is 5.00. The van der Waals surface area contributed by atoms with Crippen molar-refractivity contribution in [3.63, 3.8) is 0 Å². The molecule has 1 aliphatic rings. The molecule has 1 N–H and O–H groups in total. The van der Waals surface area contributed by atoms with Gasteiger partial charge >= 0.3 is 0 Å². The molecule has 18 heavy (non-hydrogen) atoms. The second-order valence-corrected chi connectivity index (χ2v) is 4.91. The fourth-order valence-corrected chi connectivity index (χ4v) is 2.39. The standard InChI is InChI=1S/C13H17BrO4/c1-2-17-11-4-3-9(7-10(11)14)13(15)12-8-16-5-6-18-12/h3-4,7,12-13,15H,2,5-6,8H2,1H3. The van der Waals surface area contributed by atoms with Crippen LogP contribution in [0.25, 0.3) is 0 Å². The largest absolute Gasteiger partial charge is 0.493 e. The van der Waals surface area contributed by atoms with Crippen molar-refractivity contribution in [2.75, 3.05) is 26.4 Å². The molecule has 4 nitrogen and oxygen atoms in total. The number of rotatable bonds is 4. The molecule has 100 valence electrons. The lowest BCUT2D eigenvalue weighted by Crippen LogP contribution is -2.33. The van der Waals surface area contributed by atoms with Crippen LogP contribution in [0.3, 0.4) is 0 Å². The van der Waals surface area contributed by atoms with Gasteiger partial charge in [-0.1, -0.05) is 6.07 Å². The smallest absolute Gasteiger partial charge is 0.133 e. The van der Waals surface area contributed by atoms with E-state index in [0.29, 0.717) is 26.4 Å². The third-order valence-corrected chi connectivity index (χ3v) is 3.41. The summed E-state index contributed by atoms with van der Waals surface area (Å²) in [5.41, 5.74) is 0.792. The highest BCUT2D eigenvalue weighted by Gasteiger charge is 2.25. The lowest BCUT2D eigenvalue weighted by molar-refractivity contribution is -0.133. The van der Waals surface area contributed by atoms with Crippen molar-refractivity contribution < 1.29 is 19.3 Å². The van der Waals surface area contributed by atoms with Crippen LogP contribution in [-0.4, -0.2) is 37.6 Å². The summed E-state index contributed by atoms with van der Waals surface area (Å²) in [6, 6.07) is 5.54. The highest BCUT2D eigenvalue weighted by atomic mass is 79.9. The van der Waals surface area contributed by atoms with Crippen LogP contribution in [0.15, 0.2) is 22.7 Å². The summed E-state index contributed by atoms with van der Waals surface area (Å²) in [6.07, 6.45) is -0.985. The molecule has 0 aromatic heterocycles. The van der Waals surface area contributed by atoms with Gasteiger partial charge in [-0.3, -0.25) is 0 Å². The molecule has 0 bridgehead atoms. The maximum atomic E-state index is 10.2. The van der Waals surface area contributed by atoms with Gasteiger partial charge in [0.2, 0.25) is 0 Å². The third-order valence-electron chi connectivity index (χ3n) is 2.79. The van der Waals surface area contributed by atoms with Gasteiger partial charge in [0.15, 0.2) is 0 Å². The van der Waals surface area contributed by atoms with Gasteiger partial charge in [-0.2, -0.15) is 0 Å². The molecule has 0 spiro atoms. The number of aliphatic hydroxyl groups excluding tert-OH is 1. The van der Waals surface area contributed by atoms with Crippen LogP contribution in [0.2, 0.25) is 0 Å². The average Bonchev–Trinajstić information content (AvgIpc) is 2.41. The Labute approximate surface area is 115 Å². The van der Waals surface area contributed by atoms with Crippen molar-refractivity contribution in [2.24, 2.45) is 0 Å². The van der Waals surface area contributed by atoms with Gasteiger partial charge in [-0.05, 0) is 40.5 Å². The summed E-state index contributed by atoms with van der Waals surface area (Å²) in [6.45, 7) is 4.09. The van der Waals surface area contributed by atoms with Crippen molar-refractivity contribution in [1.29, 1.82) is 0 Å². The van der Waals surface area contributed by atoms with Gasteiger partial charge in [0, 0.05) is 0 Å². The van der Waals surface area contributed by atoms with Gasteiger partial charge in [0.1, 0.15) is 18.0 Å². The fraction of sp³-hybridized carbons (Fsp3) is 0.538. The number of hydrogen-bond acceptors (Lipinski definition) is 4. The van der Waals surface area contributed by atoms with Crippen LogP contribution in [0, 0.1) is 0 Å². The molecule has 2 unspecified atom stereocenters. The predicted molar refractivity (Wildman–Crippen MR) is 70.8 cm³/mol. The SMILES string of the molecule is CCOc1ccc(C(O)C2COCCO2)cc1Br. The average molecular weight is 317 g/mol. The van der Waals surface area contributed by atoms with Crippen molar-refractivity contribution in [3.8, 4) is 5.75 Å². The molecule has 1 aromatic rings. The van der Waals surface area contributed by atoms with E-state index in [1.165, 1.54) is 0 Å². The molecule has 0 radical (unpaired) electrons. The second kappa shape index (κ2) is 6.52. The lowest BCUT2D eigenvalue weighted by atomic mass is 10.0. The number of benzene rings is 1. The fourth-order valence-electron chi connectivity index (χ4n) is 1.88. The number of halogens is 1. The van der Waals surface area contributed by atoms with Gasteiger partial charge in [0.25, 0.3) is 0 Å². The van der Waals surface area contributed by atoms with E-state index < -0.39 is 6.10 Å². The lowest BCUT2D eigenvalue weighted by Gasteiger charge is -2.27. The summed E-state index contributed by atoms with van der Waals surface area (Å²) in [4.78, 5) is 0. The van der Waals surface area contributed by atoms with Crippen LogP contribution in [0.4, 0.5) is 0 Å². The molecule has 2 rings (SSSR count). The second-order valence-electron chi connectivity index (χ2n) is 4.05. The zero-order valence-electron chi connectivity index (χ0n) is 10.3. The third kappa shape index (κ3) is 3.23. The van der Waals surface area contributed by atoms with Crippen molar-refractivity contribution in [1.82, 2.24) is 0 Å². The van der Waals surface area contributed by atoms with Crippen molar-refractivity contribution in [3.05, 3.63) is 28.2 Å². The van der Waals surface area contributed by atoms with E-state index in [2.05, 4.69) is 15.9 Å². The maximum absolute atomic E-state index is 10.2. The quantitative estimate of drug-likeness (QED) is 0.926. The maximum Gasteiger partial charge on any atom is 0.133 e. The van der Waals surface area contributed by atoms with Gasteiger partial charge in [0.05, 0.1) is 30.9 Å². The summed E-state index contributed by atoms with van der Waals surface area (Å²) in [5.74, 6) is 0.772. The zero-order chi connectivity index (χ0) is 13.0. The Morgan fingerprint density at radius 3 is 2.94 bits per heavy atom. The molecule has 1 heterocycles. The van der Waals surface area contributed by atoms with E-state index in [1.54, 1.807) is 0 Å². The molecule has 0 saturated carbocycles. The Bertz CT molecular complexity index is 391. The number of aliphatic hydroxyl groups is 1. The van der Waals surface area contributed by atoms with Crippen LogP contribution in [0.1, 0.15) is 18.6 Å². The summed E-state index contributed by atoms with van der Waals surface area (Å²) in [5, 5.41) is 10.2. The Balaban J connectivity index is 2.10. The number of hydrogen-bond donors (Lipinski definition) is 1. The van der Waals surface area contributed by atoms with E-state index in [0.717, 1.165) is 15.8 Å². The topological polar surface area (TPSA) is 47.9 Å². The zero-order valence-corrected chi connectivity index (χ0v) is 11.9. The minimum absolute atomic E-state index is 0.302. The first-order valence-electron chi connectivity index (χ1n) is 6.02. The predicted octanol–water partition coefficient (Wildman–Crippen LogP) is 2.30. The first-order valence-corrected chi connectivity index (χ1v) is 6.81. The van der Waals surface area contributed by atoms with E-state index >= 15 is 0 Å². The molecule has 1 saturated heterocycles. The van der Waals surface area contributed by atoms with E-state index in [9.17, 15) is 5.11 Å². The van der Waals surface area contributed by atoms with Crippen LogP contribution in [-0.2, 0) is 9.47 Å². The Morgan fingerprint density at radius 2 is 2.33 bits per heavy atom. The normalized spacial score (nSPS) is 21.6.